The molecule has 0 aliphatic carbocycles. The van der Waals surface area contributed by atoms with Crippen molar-refractivity contribution in [2.45, 2.75) is 32.5 Å². The number of carbonyl (C=O) groups excluding carboxylic acids is 1. The van der Waals surface area contributed by atoms with E-state index in [1.54, 1.807) is 6.92 Å². The summed E-state index contributed by atoms with van der Waals surface area (Å²) in [7, 11) is 0. The van der Waals surface area contributed by atoms with Gasteiger partial charge in [0.15, 0.2) is 17.6 Å². The highest BCUT2D eigenvalue weighted by molar-refractivity contribution is 5.77. The van der Waals surface area contributed by atoms with Gasteiger partial charge in [0.1, 0.15) is 6.17 Å². The zero-order chi connectivity index (χ0) is 15.4. The molecule has 5 nitrogen and oxygen atoms in total. The van der Waals surface area contributed by atoms with E-state index >= 15 is 0 Å². The number of rotatable bonds is 4. The monoisotopic (exact) mass is 298 g/mol. The standard InChI is InChI=1S/C15H19FO5/c1-3-19-15(18)14(17)11-8-13-12(7-10(11)9(2)16)20-5-4-6-21-13/h7-9,14,17H,3-6H2,1-2H3. The highest BCUT2D eigenvalue weighted by Crippen LogP contribution is 2.38. The SMILES string of the molecule is CCOC(=O)C(O)c1cc2c(cc1C(C)F)OCCCO2. The number of halogens is 1. The number of aliphatic hydroxyl groups is 1. The normalized spacial score (nSPS) is 16.8. The second kappa shape index (κ2) is 6.76. The Morgan fingerprint density at radius 2 is 1.90 bits per heavy atom. The minimum atomic E-state index is -1.55. The molecule has 0 saturated heterocycles. The lowest BCUT2D eigenvalue weighted by molar-refractivity contribution is -0.153. The molecular weight excluding hydrogens is 279 g/mol. The van der Waals surface area contributed by atoms with E-state index in [1.165, 1.54) is 19.1 Å². The molecule has 1 aliphatic heterocycles. The fraction of sp³-hybridized carbons (Fsp3) is 0.533. The number of esters is 1. The van der Waals surface area contributed by atoms with E-state index in [9.17, 15) is 14.3 Å². The van der Waals surface area contributed by atoms with Gasteiger partial charge < -0.3 is 19.3 Å². The number of ether oxygens (including phenoxy) is 3. The molecule has 0 spiro atoms. The summed E-state index contributed by atoms with van der Waals surface area (Å²) in [5.74, 6) is 0.0101. The van der Waals surface area contributed by atoms with Gasteiger partial charge in [0, 0.05) is 12.0 Å². The zero-order valence-electron chi connectivity index (χ0n) is 12.1. The van der Waals surface area contributed by atoms with Gasteiger partial charge >= 0.3 is 5.97 Å². The Kier molecular flexibility index (Phi) is 5.01. The minimum absolute atomic E-state index is 0.140. The molecule has 0 aromatic heterocycles. The summed E-state index contributed by atoms with van der Waals surface area (Å²) in [6.45, 7) is 4.05. The van der Waals surface area contributed by atoms with Crippen molar-refractivity contribution < 1.29 is 28.5 Å². The first-order valence-corrected chi connectivity index (χ1v) is 6.96. The maximum atomic E-state index is 13.8. The van der Waals surface area contributed by atoms with Crippen molar-refractivity contribution in [3.05, 3.63) is 23.3 Å². The lowest BCUT2D eigenvalue weighted by Gasteiger charge is -2.18. The number of fused-ring (bicyclic) bond motifs is 1. The van der Waals surface area contributed by atoms with Crippen LogP contribution in [0.1, 0.15) is 43.7 Å². The number of hydrogen-bond donors (Lipinski definition) is 1. The van der Waals surface area contributed by atoms with Crippen molar-refractivity contribution in [3.8, 4) is 11.5 Å². The Balaban J connectivity index is 2.43. The molecule has 6 heteroatoms. The van der Waals surface area contributed by atoms with Crippen LogP contribution in [0.3, 0.4) is 0 Å². The van der Waals surface area contributed by atoms with Crippen LogP contribution in [0.15, 0.2) is 12.1 Å². The molecule has 1 aromatic rings. The third kappa shape index (κ3) is 3.44. The van der Waals surface area contributed by atoms with Crippen molar-refractivity contribution >= 4 is 5.97 Å². The smallest absolute Gasteiger partial charge is 0.339 e. The third-order valence-electron chi connectivity index (χ3n) is 3.19. The van der Waals surface area contributed by atoms with E-state index in [-0.39, 0.29) is 17.7 Å². The Labute approximate surface area is 122 Å². The second-order valence-electron chi connectivity index (χ2n) is 4.75. The molecule has 1 N–H and O–H groups in total. The summed E-state index contributed by atoms with van der Waals surface area (Å²) in [6.07, 6.45) is -2.19. The first-order valence-electron chi connectivity index (χ1n) is 6.96. The molecule has 0 amide bonds. The number of benzene rings is 1. The van der Waals surface area contributed by atoms with Crippen LogP contribution in [0.25, 0.3) is 0 Å². The van der Waals surface area contributed by atoms with Gasteiger partial charge in [-0.2, -0.15) is 0 Å². The van der Waals surface area contributed by atoms with E-state index in [4.69, 9.17) is 14.2 Å². The second-order valence-corrected chi connectivity index (χ2v) is 4.75. The van der Waals surface area contributed by atoms with Gasteiger partial charge in [0.05, 0.1) is 19.8 Å². The molecule has 2 unspecified atom stereocenters. The molecule has 116 valence electrons. The van der Waals surface area contributed by atoms with Crippen LogP contribution in [-0.4, -0.2) is 30.9 Å². The molecule has 0 radical (unpaired) electrons. The molecule has 1 aliphatic rings. The zero-order valence-corrected chi connectivity index (χ0v) is 12.1. The maximum Gasteiger partial charge on any atom is 0.339 e. The largest absolute Gasteiger partial charge is 0.490 e. The minimum Gasteiger partial charge on any atom is -0.490 e. The molecule has 1 heterocycles. The van der Waals surface area contributed by atoms with Gasteiger partial charge in [0.25, 0.3) is 0 Å². The average molecular weight is 298 g/mol. The predicted molar refractivity (Wildman–Crippen MR) is 73.2 cm³/mol. The lowest BCUT2D eigenvalue weighted by Crippen LogP contribution is -2.17. The maximum absolute atomic E-state index is 13.8. The average Bonchev–Trinajstić information content (AvgIpc) is 2.69. The highest BCUT2D eigenvalue weighted by atomic mass is 19.1. The first-order chi connectivity index (χ1) is 10.0. The van der Waals surface area contributed by atoms with Crippen molar-refractivity contribution in [2.24, 2.45) is 0 Å². The molecule has 0 fully saturated rings. The summed E-state index contributed by atoms with van der Waals surface area (Å²) < 4.78 is 29.6. The third-order valence-corrected chi connectivity index (χ3v) is 3.19. The van der Waals surface area contributed by atoms with Crippen LogP contribution in [0.5, 0.6) is 11.5 Å². The van der Waals surface area contributed by atoms with Crippen LogP contribution in [0, 0.1) is 0 Å². The van der Waals surface area contributed by atoms with Crippen molar-refractivity contribution in [2.75, 3.05) is 19.8 Å². The Bertz CT molecular complexity index is 515. The Hall–Kier alpha value is -1.82. The van der Waals surface area contributed by atoms with Crippen molar-refractivity contribution in [1.82, 2.24) is 0 Å². The van der Waals surface area contributed by atoms with Crippen LogP contribution >= 0.6 is 0 Å². The van der Waals surface area contributed by atoms with Crippen LogP contribution < -0.4 is 9.47 Å². The van der Waals surface area contributed by atoms with Gasteiger partial charge in [-0.25, -0.2) is 9.18 Å². The van der Waals surface area contributed by atoms with Crippen LogP contribution in [0.4, 0.5) is 4.39 Å². The first kappa shape index (κ1) is 15.6. The van der Waals surface area contributed by atoms with E-state index in [0.717, 1.165) is 0 Å². The Morgan fingerprint density at radius 3 is 2.43 bits per heavy atom. The quantitative estimate of drug-likeness (QED) is 0.865. The van der Waals surface area contributed by atoms with Crippen molar-refractivity contribution in [3.63, 3.8) is 0 Å². The van der Waals surface area contributed by atoms with Gasteiger partial charge in [-0.05, 0) is 31.5 Å². The van der Waals surface area contributed by atoms with E-state index in [2.05, 4.69) is 0 Å². The van der Waals surface area contributed by atoms with Gasteiger partial charge in [0.2, 0.25) is 0 Å². The van der Waals surface area contributed by atoms with Gasteiger partial charge in [-0.3, -0.25) is 0 Å². The number of alkyl halides is 1. The van der Waals surface area contributed by atoms with Crippen LogP contribution in [-0.2, 0) is 9.53 Å². The van der Waals surface area contributed by atoms with Crippen LogP contribution in [0.2, 0.25) is 0 Å². The fourth-order valence-corrected chi connectivity index (χ4v) is 2.17. The summed E-state index contributed by atoms with van der Waals surface area (Å²) in [6, 6.07) is 2.93. The lowest BCUT2D eigenvalue weighted by atomic mass is 9.98. The molecule has 1 aromatic carbocycles. The number of carbonyl (C=O) groups is 1. The molecule has 21 heavy (non-hydrogen) atoms. The molecule has 0 bridgehead atoms. The summed E-state index contributed by atoms with van der Waals surface area (Å²) in [4.78, 5) is 11.7. The Morgan fingerprint density at radius 1 is 1.33 bits per heavy atom. The predicted octanol–water partition coefficient (Wildman–Crippen LogP) is 2.47. The summed E-state index contributed by atoms with van der Waals surface area (Å²) >= 11 is 0. The molecule has 0 saturated carbocycles. The van der Waals surface area contributed by atoms with Gasteiger partial charge in [-0.15, -0.1) is 0 Å². The van der Waals surface area contributed by atoms with Gasteiger partial charge in [-0.1, -0.05) is 0 Å². The number of aliphatic hydroxyl groups excluding tert-OH is 1. The van der Waals surface area contributed by atoms with Crippen molar-refractivity contribution in [1.29, 1.82) is 0 Å². The summed E-state index contributed by atoms with van der Waals surface area (Å²) in [5, 5.41) is 10.1. The summed E-state index contributed by atoms with van der Waals surface area (Å²) in [5.41, 5.74) is 0.340. The molecular formula is C15H19FO5. The topological polar surface area (TPSA) is 65.0 Å². The van der Waals surface area contributed by atoms with E-state index in [1.807, 2.05) is 0 Å². The molecule has 2 rings (SSSR count). The highest BCUT2D eigenvalue weighted by Gasteiger charge is 2.27. The molecule has 2 atom stereocenters. The number of hydrogen-bond acceptors (Lipinski definition) is 5. The van der Waals surface area contributed by atoms with E-state index < -0.39 is 18.2 Å². The van der Waals surface area contributed by atoms with E-state index in [0.29, 0.717) is 31.1 Å². The fourth-order valence-electron chi connectivity index (χ4n) is 2.17.